The smallest absolute Gasteiger partial charge is 0.333 e. The van der Waals surface area contributed by atoms with Crippen LogP contribution in [0.3, 0.4) is 0 Å². The number of carbonyl (C=O) groups is 2. The zero-order valence-corrected chi connectivity index (χ0v) is 20.9. The molecule has 0 fully saturated rings. The van der Waals surface area contributed by atoms with Crippen molar-refractivity contribution < 1.29 is 28.8 Å². The lowest BCUT2D eigenvalue weighted by Gasteiger charge is -2.30. The lowest BCUT2D eigenvalue weighted by atomic mass is 9.78. The minimum absolute atomic E-state index is 0.0253. The first kappa shape index (κ1) is 25.2. The second-order valence-electron chi connectivity index (χ2n) is 8.17. The summed E-state index contributed by atoms with van der Waals surface area (Å²) in [4.78, 5) is 30.4. The van der Waals surface area contributed by atoms with Crippen molar-refractivity contribution in [2.24, 2.45) is 0 Å². The fourth-order valence-corrected chi connectivity index (χ4v) is 5.26. The number of aromatic hydroxyl groups is 2. The van der Waals surface area contributed by atoms with E-state index in [0.717, 1.165) is 27.4 Å². The number of hydrogen-bond acceptors (Lipinski definition) is 6. The van der Waals surface area contributed by atoms with Gasteiger partial charge in [0.1, 0.15) is 0 Å². The highest BCUT2D eigenvalue weighted by Crippen LogP contribution is 2.32. The van der Waals surface area contributed by atoms with E-state index in [9.17, 15) is 19.8 Å². The summed E-state index contributed by atoms with van der Waals surface area (Å²) in [6.45, 7) is 9.89. The van der Waals surface area contributed by atoms with E-state index < -0.39 is 17.7 Å². The van der Waals surface area contributed by atoms with Gasteiger partial charge >= 0.3 is 5.97 Å². The van der Waals surface area contributed by atoms with Crippen molar-refractivity contribution in [1.82, 2.24) is 4.73 Å². The van der Waals surface area contributed by atoms with Gasteiger partial charge in [-0.25, -0.2) is 4.79 Å². The Bertz CT molecular complexity index is 977. The Balaban J connectivity index is 2.40. The SMILES string of the molecule is Cc1c(CCl)c(C)c(C(=O)CCC(=O)On2c(O)ccc2O)c(C(C)(C)C)c1[Si]O[Si]. The molecular formula is C21H25ClNO6Si2. The molecule has 31 heavy (non-hydrogen) atoms. The Morgan fingerprint density at radius 3 is 2.19 bits per heavy atom. The molecule has 0 bridgehead atoms. The summed E-state index contributed by atoms with van der Waals surface area (Å²) >= 11 is 6.20. The van der Waals surface area contributed by atoms with Crippen LogP contribution in [0.25, 0.3) is 0 Å². The van der Waals surface area contributed by atoms with Gasteiger partial charge in [-0.1, -0.05) is 20.8 Å². The van der Waals surface area contributed by atoms with Crippen molar-refractivity contribution in [3.63, 3.8) is 0 Å². The van der Waals surface area contributed by atoms with Gasteiger partial charge in [0.25, 0.3) is 9.76 Å². The highest BCUT2D eigenvalue weighted by Gasteiger charge is 2.30. The summed E-state index contributed by atoms with van der Waals surface area (Å²) in [6, 6.07) is 2.36. The van der Waals surface area contributed by atoms with Crippen molar-refractivity contribution >= 4 is 48.8 Å². The number of hydrogen-bond donors (Lipinski definition) is 2. The van der Waals surface area contributed by atoms with E-state index in [-0.39, 0.29) is 39.7 Å². The summed E-state index contributed by atoms with van der Waals surface area (Å²) in [5.41, 5.74) is 3.70. The van der Waals surface area contributed by atoms with E-state index in [2.05, 4.69) is 10.5 Å². The monoisotopic (exact) mass is 478 g/mol. The molecule has 0 aliphatic carbocycles. The van der Waals surface area contributed by atoms with Gasteiger partial charge in [0.15, 0.2) is 5.78 Å². The quantitative estimate of drug-likeness (QED) is 0.343. The van der Waals surface area contributed by atoms with Crippen LogP contribution in [-0.4, -0.2) is 46.9 Å². The fourth-order valence-electron chi connectivity index (χ4n) is 3.54. The minimum atomic E-state index is -0.764. The average molecular weight is 479 g/mol. The molecule has 10 heteroatoms. The molecule has 0 unspecified atom stereocenters. The highest BCUT2D eigenvalue weighted by molar-refractivity contribution is 6.52. The van der Waals surface area contributed by atoms with Gasteiger partial charge in [0, 0.05) is 30.0 Å². The van der Waals surface area contributed by atoms with Crippen LogP contribution in [0.15, 0.2) is 12.1 Å². The molecule has 1 heterocycles. The molecule has 0 aliphatic heterocycles. The van der Waals surface area contributed by atoms with Crippen LogP contribution in [0.5, 0.6) is 11.8 Å². The number of benzene rings is 1. The van der Waals surface area contributed by atoms with Crippen LogP contribution >= 0.6 is 11.6 Å². The zero-order chi connectivity index (χ0) is 23.5. The maximum Gasteiger partial charge on any atom is 0.333 e. The molecule has 7 nitrogen and oxygen atoms in total. The molecule has 2 N–H and O–H groups in total. The maximum absolute atomic E-state index is 13.3. The van der Waals surface area contributed by atoms with E-state index >= 15 is 0 Å². The maximum atomic E-state index is 13.3. The van der Waals surface area contributed by atoms with Crippen LogP contribution in [0.2, 0.25) is 0 Å². The van der Waals surface area contributed by atoms with Crippen LogP contribution in [-0.2, 0) is 20.2 Å². The van der Waals surface area contributed by atoms with Gasteiger partial charge in [-0.2, -0.15) is 0 Å². The van der Waals surface area contributed by atoms with Crippen LogP contribution in [0, 0.1) is 13.8 Å². The van der Waals surface area contributed by atoms with E-state index in [0.29, 0.717) is 10.3 Å². The minimum Gasteiger partial charge on any atom is -0.492 e. The van der Waals surface area contributed by atoms with Crippen LogP contribution in [0.4, 0.5) is 0 Å². The number of aromatic nitrogens is 1. The van der Waals surface area contributed by atoms with E-state index in [1.54, 1.807) is 0 Å². The third-order valence-electron chi connectivity index (χ3n) is 5.02. The van der Waals surface area contributed by atoms with E-state index in [1.165, 1.54) is 12.1 Å². The lowest BCUT2D eigenvalue weighted by molar-refractivity contribution is -0.145. The Morgan fingerprint density at radius 1 is 1.13 bits per heavy atom. The summed E-state index contributed by atoms with van der Waals surface area (Å²) in [7, 11) is 3.05. The third kappa shape index (κ3) is 5.40. The Labute approximate surface area is 192 Å². The molecule has 0 amide bonds. The molecule has 0 saturated heterocycles. The predicted molar refractivity (Wildman–Crippen MR) is 119 cm³/mol. The number of Topliss-reactive ketones (excluding diaryl/α,β-unsaturated/α-hetero) is 1. The highest BCUT2D eigenvalue weighted by atomic mass is 35.5. The number of nitrogens with zero attached hydrogens (tertiary/aromatic N) is 1. The predicted octanol–water partition coefficient (Wildman–Crippen LogP) is 2.52. The summed E-state index contributed by atoms with van der Waals surface area (Å²) < 4.78 is 5.85. The van der Waals surface area contributed by atoms with Crippen molar-refractivity contribution in [2.75, 3.05) is 0 Å². The standard InChI is InChI=1S/C21H25ClNO6Si2/c1-11-13(10-22)12(2)20(31-29-30)19(21(3,4)5)18(11)14(24)6-9-17(27)28-23-15(25)7-8-16(23)26/h7-8,25-26H,6,9-10H2,1-5H3. The lowest BCUT2D eigenvalue weighted by Crippen LogP contribution is -2.36. The molecule has 0 saturated carbocycles. The third-order valence-corrected chi connectivity index (χ3v) is 6.52. The van der Waals surface area contributed by atoms with E-state index in [1.807, 2.05) is 34.6 Å². The molecule has 5 radical (unpaired) electrons. The van der Waals surface area contributed by atoms with Gasteiger partial charge in [-0.3, -0.25) is 4.79 Å². The molecule has 1 aromatic heterocycles. The van der Waals surface area contributed by atoms with E-state index in [4.69, 9.17) is 20.6 Å². The largest absolute Gasteiger partial charge is 0.492 e. The molecule has 0 atom stereocenters. The van der Waals surface area contributed by atoms with Gasteiger partial charge in [-0.15, -0.1) is 16.3 Å². The molecule has 1 aromatic carbocycles. The molecule has 2 rings (SSSR count). The second kappa shape index (κ2) is 10.0. The number of ketones is 1. The van der Waals surface area contributed by atoms with Gasteiger partial charge in [0.2, 0.25) is 22.2 Å². The number of carbonyl (C=O) groups excluding carboxylic acids is 2. The Kier molecular flexibility index (Phi) is 8.15. The van der Waals surface area contributed by atoms with Crippen molar-refractivity contribution in [3.8, 4) is 11.8 Å². The Morgan fingerprint density at radius 2 is 1.71 bits per heavy atom. The molecule has 0 aliphatic rings. The van der Waals surface area contributed by atoms with Crippen LogP contribution in [0.1, 0.15) is 66.2 Å². The van der Waals surface area contributed by atoms with Gasteiger partial charge in [0.05, 0.1) is 6.42 Å². The first-order valence-corrected chi connectivity index (χ1v) is 11.4. The molecule has 0 spiro atoms. The van der Waals surface area contributed by atoms with Crippen molar-refractivity contribution in [1.29, 1.82) is 0 Å². The molecule has 2 aromatic rings. The number of rotatable bonds is 8. The normalized spacial score (nSPS) is 11.6. The molecule has 165 valence electrons. The first-order chi connectivity index (χ1) is 14.4. The number of alkyl halides is 1. The number of halogens is 1. The first-order valence-electron chi connectivity index (χ1n) is 9.59. The van der Waals surface area contributed by atoms with Gasteiger partial charge in [-0.05, 0) is 46.7 Å². The second-order valence-corrected chi connectivity index (χ2v) is 9.96. The van der Waals surface area contributed by atoms with Crippen LogP contribution < -0.4 is 10.0 Å². The summed E-state index contributed by atoms with van der Waals surface area (Å²) in [5, 5.41) is 20.1. The average Bonchev–Trinajstić information content (AvgIpc) is 2.99. The summed E-state index contributed by atoms with van der Waals surface area (Å²) in [6.07, 6.45) is -0.331. The topological polar surface area (TPSA) is 98.0 Å². The summed E-state index contributed by atoms with van der Waals surface area (Å²) in [5.74, 6) is -1.58. The molecular weight excluding hydrogens is 454 g/mol. The van der Waals surface area contributed by atoms with Crippen molar-refractivity contribution in [2.45, 2.75) is 58.8 Å². The van der Waals surface area contributed by atoms with Crippen molar-refractivity contribution in [3.05, 3.63) is 39.9 Å². The van der Waals surface area contributed by atoms with Gasteiger partial charge < -0.3 is 19.2 Å². The zero-order valence-electron chi connectivity index (χ0n) is 18.1. The fraction of sp³-hybridized carbons (Fsp3) is 0.429. The Hall–Kier alpha value is -2.08.